The number of ether oxygens (including phenoxy) is 2. The number of nitrogens with one attached hydrogen (secondary N) is 1. The summed E-state index contributed by atoms with van der Waals surface area (Å²) in [6.07, 6.45) is 3.26. The summed E-state index contributed by atoms with van der Waals surface area (Å²) in [4.78, 5) is 14.7. The summed E-state index contributed by atoms with van der Waals surface area (Å²) in [6.45, 7) is 1.65. The third-order valence-electron chi connectivity index (χ3n) is 4.39. The normalized spacial score (nSPS) is 25.6. The number of anilines is 1. The molecule has 1 aliphatic heterocycles. The third-order valence-corrected chi connectivity index (χ3v) is 4.39. The molecule has 1 atom stereocenters. The molecular weight excluding hydrogens is 268 g/mol. The van der Waals surface area contributed by atoms with Crippen molar-refractivity contribution in [3.8, 4) is 5.75 Å². The molecule has 0 radical (unpaired) electrons. The molecule has 1 unspecified atom stereocenters. The lowest BCUT2D eigenvalue weighted by atomic mass is 9.98. The molecule has 3 rings (SSSR count). The Kier molecular flexibility index (Phi) is 3.76. The van der Waals surface area contributed by atoms with Crippen LogP contribution in [0.3, 0.4) is 0 Å². The number of hydrogen-bond acceptors (Lipinski definition) is 5. The highest BCUT2D eigenvalue weighted by Crippen LogP contribution is 2.36. The molecule has 1 saturated heterocycles. The molecule has 0 spiro atoms. The van der Waals surface area contributed by atoms with Crippen LogP contribution in [0.4, 0.5) is 5.69 Å². The smallest absolute Gasteiger partial charge is 0.332 e. The Morgan fingerprint density at radius 3 is 2.86 bits per heavy atom. The van der Waals surface area contributed by atoms with Gasteiger partial charge in [-0.3, -0.25) is 4.90 Å². The Hall–Kier alpha value is -1.75. The second-order valence-electron chi connectivity index (χ2n) is 5.88. The molecule has 1 N–H and O–H groups in total. The van der Waals surface area contributed by atoms with Gasteiger partial charge in [-0.25, -0.2) is 4.79 Å². The summed E-state index contributed by atoms with van der Waals surface area (Å²) in [5.74, 6) is 0.588. The van der Waals surface area contributed by atoms with Gasteiger partial charge in [-0.05, 0) is 31.4 Å². The molecule has 1 aromatic rings. The Morgan fingerprint density at radius 1 is 1.38 bits per heavy atom. The predicted octanol–water partition coefficient (Wildman–Crippen LogP) is 1.89. The zero-order valence-electron chi connectivity index (χ0n) is 12.6. The van der Waals surface area contributed by atoms with Gasteiger partial charge in [0.15, 0.2) is 0 Å². The molecule has 5 heteroatoms. The minimum absolute atomic E-state index is 0.187. The van der Waals surface area contributed by atoms with Crippen LogP contribution in [0, 0.1) is 0 Å². The molecule has 1 saturated carbocycles. The number of nitrogens with zero attached hydrogens (tertiary/aromatic N) is 1. The monoisotopic (exact) mass is 290 g/mol. The van der Waals surface area contributed by atoms with Crippen molar-refractivity contribution in [2.45, 2.75) is 30.8 Å². The molecule has 2 aliphatic rings. The van der Waals surface area contributed by atoms with Gasteiger partial charge in [0.1, 0.15) is 11.3 Å². The SMILES string of the molecule is COC(=O)C1(Nc2cccc(OC)c2)CCN(C2CC2)C1. The summed E-state index contributed by atoms with van der Waals surface area (Å²) < 4.78 is 10.3. The van der Waals surface area contributed by atoms with Gasteiger partial charge in [-0.15, -0.1) is 0 Å². The molecule has 0 aromatic heterocycles. The standard InChI is InChI=1S/C16H22N2O3/c1-20-14-5-3-4-12(10-14)17-16(15(19)21-2)8-9-18(11-16)13-6-7-13/h3-5,10,13,17H,6-9,11H2,1-2H3. The van der Waals surface area contributed by atoms with Gasteiger partial charge < -0.3 is 14.8 Å². The number of methoxy groups -OCH3 is 2. The predicted molar refractivity (Wildman–Crippen MR) is 80.6 cm³/mol. The van der Waals surface area contributed by atoms with E-state index in [1.165, 1.54) is 20.0 Å². The average Bonchev–Trinajstić information content (AvgIpc) is 3.28. The van der Waals surface area contributed by atoms with Crippen molar-refractivity contribution in [1.82, 2.24) is 4.90 Å². The largest absolute Gasteiger partial charge is 0.497 e. The fourth-order valence-corrected chi connectivity index (χ4v) is 3.08. The molecule has 1 aromatic carbocycles. The highest BCUT2D eigenvalue weighted by molar-refractivity contribution is 5.85. The van der Waals surface area contributed by atoms with Crippen LogP contribution < -0.4 is 10.1 Å². The quantitative estimate of drug-likeness (QED) is 0.839. The van der Waals surface area contributed by atoms with Gasteiger partial charge in [-0.2, -0.15) is 0 Å². The summed E-state index contributed by atoms with van der Waals surface area (Å²) in [6, 6.07) is 8.32. The first kappa shape index (κ1) is 14.2. The Labute approximate surface area is 125 Å². The van der Waals surface area contributed by atoms with Crippen molar-refractivity contribution in [1.29, 1.82) is 0 Å². The number of esters is 1. The van der Waals surface area contributed by atoms with E-state index in [1.807, 2.05) is 24.3 Å². The molecule has 0 amide bonds. The maximum absolute atomic E-state index is 12.3. The van der Waals surface area contributed by atoms with E-state index in [0.717, 1.165) is 24.4 Å². The fourth-order valence-electron chi connectivity index (χ4n) is 3.08. The molecule has 1 heterocycles. The van der Waals surface area contributed by atoms with Gasteiger partial charge in [0.25, 0.3) is 0 Å². The lowest BCUT2D eigenvalue weighted by Gasteiger charge is -2.29. The molecule has 0 bridgehead atoms. The van der Waals surface area contributed by atoms with Gasteiger partial charge in [-0.1, -0.05) is 6.07 Å². The van der Waals surface area contributed by atoms with E-state index < -0.39 is 5.54 Å². The highest BCUT2D eigenvalue weighted by atomic mass is 16.5. The van der Waals surface area contributed by atoms with E-state index in [4.69, 9.17) is 9.47 Å². The molecule has 1 aliphatic carbocycles. The topological polar surface area (TPSA) is 50.8 Å². The van der Waals surface area contributed by atoms with Gasteiger partial charge in [0.05, 0.1) is 14.2 Å². The van der Waals surface area contributed by atoms with Crippen molar-refractivity contribution >= 4 is 11.7 Å². The number of rotatable bonds is 5. The van der Waals surface area contributed by atoms with E-state index in [0.29, 0.717) is 12.6 Å². The lowest BCUT2D eigenvalue weighted by molar-refractivity contribution is -0.145. The first-order valence-corrected chi connectivity index (χ1v) is 7.41. The Balaban J connectivity index is 1.80. The molecule has 5 nitrogen and oxygen atoms in total. The third kappa shape index (κ3) is 2.83. The second-order valence-corrected chi connectivity index (χ2v) is 5.88. The van der Waals surface area contributed by atoms with E-state index in [9.17, 15) is 4.79 Å². The van der Waals surface area contributed by atoms with Gasteiger partial charge in [0, 0.05) is 30.9 Å². The zero-order valence-corrected chi connectivity index (χ0v) is 12.6. The molecule has 114 valence electrons. The van der Waals surface area contributed by atoms with Crippen molar-refractivity contribution < 1.29 is 14.3 Å². The highest BCUT2D eigenvalue weighted by Gasteiger charge is 2.49. The zero-order chi connectivity index (χ0) is 14.9. The van der Waals surface area contributed by atoms with Crippen molar-refractivity contribution in [2.24, 2.45) is 0 Å². The van der Waals surface area contributed by atoms with E-state index in [2.05, 4.69) is 10.2 Å². The number of carbonyl (C=O) groups excluding carboxylic acids is 1. The van der Waals surface area contributed by atoms with Crippen LogP contribution in [0.15, 0.2) is 24.3 Å². The number of likely N-dealkylation sites (tertiary alicyclic amines) is 1. The van der Waals surface area contributed by atoms with E-state index >= 15 is 0 Å². The van der Waals surface area contributed by atoms with Crippen LogP contribution in [-0.2, 0) is 9.53 Å². The first-order chi connectivity index (χ1) is 10.2. The first-order valence-electron chi connectivity index (χ1n) is 7.41. The summed E-state index contributed by atoms with van der Waals surface area (Å²) in [5, 5.41) is 3.40. The van der Waals surface area contributed by atoms with E-state index in [1.54, 1.807) is 7.11 Å². The Bertz CT molecular complexity index is 530. The summed E-state index contributed by atoms with van der Waals surface area (Å²) in [7, 11) is 3.09. The summed E-state index contributed by atoms with van der Waals surface area (Å²) in [5.41, 5.74) is 0.237. The van der Waals surface area contributed by atoms with Crippen LogP contribution in [0.25, 0.3) is 0 Å². The maximum Gasteiger partial charge on any atom is 0.332 e. The lowest BCUT2D eigenvalue weighted by Crippen LogP contribution is -2.49. The number of benzene rings is 1. The van der Waals surface area contributed by atoms with Crippen molar-refractivity contribution in [3.05, 3.63) is 24.3 Å². The minimum Gasteiger partial charge on any atom is -0.497 e. The van der Waals surface area contributed by atoms with Gasteiger partial charge in [0.2, 0.25) is 0 Å². The van der Waals surface area contributed by atoms with Crippen molar-refractivity contribution in [2.75, 3.05) is 32.6 Å². The van der Waals surface area contributed by atoms with Crippen LogP contribution in [0.2, 0.25) is 0 Å². The summed E-state index contributed by atoms with van der Waals surface area (Å²) >= 11 is 0. The molecule has 21 heavy (non-hydrogen) atoms. The number of carbonyl (C=O) groups is 1. The van der Waals surface area contributed by atoms with E-state index in [-0.39, 0.29) is 5.97 Å². The molecule has 2 fully saturated rings. The minimum atomic E-state index is -0.649. The Morgan fingerprint density at radius 2 is 2.19 bits per heavy atom. The maximum atomic E-state index is 12.3. The van der Waals surface area contributed by atoms with Crippen molar-refractivity contribution in [3.63, 3.8) is 0 Å². The van der Waals surface area contributed by atoms with Crippen LogP contribution in [0.5, 0.6) is 5.75 Å². The fraction of sp³-hybridized carbons (Fsp3) is 0.562. The van der Waals surface area contributed by atoms with Gasteiger partial charge >= 0.3 is 5.97 Å². The van der Waals surface area contributed by atoms with Crippen LogP contribution in [-0.4, -0.2) is 49.8 Å². The van der Waals surface area contributed by atoms with Crippen LogP contribution >= 0.6 is 0 Å². The van der Waals surface area contributed by atoms with Crippen LogP contribution in [0.1, 0.15) is 19.3 Å². The number of hydrogen-bond donors (Lipinski definition) is 1. The average molecular weight is 290 g/mol. The second kappa shape index (κ2) is 5.56. The molecular formula is C16H22N2O3.